The number of hydrogen-bond donors (Lipinski definition) is 2. The highest BCUT2D eigenvalue weighted by Gasteiger charge is 2.08. The average Bonchev–Trinajstić information content (AvgIpc) is 2.47. The molecule has 2 aromatic carbocycles. The zero-order valence-corrected chi connectivity index (χ0v) is 13.3. The summed E-state index contributed by atoms with van der Waals surface area (Å²) in [5, 5.41) is 5.33. The van der Waals surface area contributed by atoms with Crippen LogP contribution < -0.4 is 10.9 Å². The fraction of sp³-hybridized carbons (Fsp3) is 0. The van der Waals surface area contributed by atoms with Crippen LogP contribution in [-0.4, -0.2) is 9.97 Å². The van der Waals surface area contributed by atoms with Gasteiger partial charge in [0.2, 0.25) is 0 Å². The van der Waals surface area contributed by atoms with Gasteiger partial charge in [0.05, 0.1) is 6.33 Å². The number of H-pyrrole nitrogens is 1. The standard InChI is InChI=1S/C14H9Br2N3O/c15-10-5-6-11(9-4-2-1-3-8(9)10)19-13-12(16)14(20)18-7-17-13/h1-7H,(H2,17,18,19,20). The van der Waals surface area contributed by atoms with E-state index in [1.165, 1.54) is 6.33 Å². The number of nitrogens with zero attached hydrogens (tertiary/aromatic N) is 1. The van der Waals surface area contributed by atoms with Crippen molar-refractivity contribution in [1.82, 2.24) is 9.97 Å². The highest BCUT2D eigenvalue weighted by Crippen LogP contribution is 2.32. The molecule has 0 saturated heterocycles. The fourth-order valence-corrected chi connectivity index (χ4v) is 2.76. The summed E-state index contributed by atoms with van der Waals surface area (Å²) < 4.78 is 1.41. The minimum absolute atomic E-state index is 0.219. The summed E-state index contributed by atoms with van der Waals surface area (Å²) in [6.07, 6.45) is 1.37. The molecule has 0 aliphatic carbocycles. The highest BCUT2D eigenvalue weighted by molar-refractivity contribution is 9.11. The van der Waals surface area contributed by atoms with E-state index in [0.29, 0.717) is 10.3 Å². The number of anilines is 2. The van der Waals surface area contributed by atoms with Gasteiger partial charge < -0.3 is 10.3 Å². The van der Waals surface area contributed by atoms with Crippen molar-refractivity contribution in [2.24, 2.45) is 0 Å². The second-order valence-corrected chi connectivity index (χ2v) is 5.81. The Bertz CT molecular complexity index is 845. The number of aromatic amines is 1. The number of fused-ring (bicyclic) bond motifs is 1. The van der Waals surface area contributed by atoms with Crippen molar-refractivity contribution in [1.29, 1.82) is 0 Å². The van der Waals surface area contributed by atoms with E-state index in [1.807, 2.05) is 36.4 Å². The Kier molecular flexibility index (Phi) is 3.58. The third-order valence-electron chi connectivity index (χ3n) is 2.92. The van der Waals surface area contributed by atoms with Gasteiger partial charge in [0.15, 0.2) is 5.82 Å². The van der Waals surface area contributed by atoms with Gasteiger partial charge in [-0.25, -0.2) is 4.98 Å². The molecule has 3 rings (SSSR count). The van der Waals surface area contributed by atoms with Crippen LogP contribution in [0.4, 0.5) is 11.5 Å². The summed E-state index contributed by atoms with van der Waals surface area (Å²) in [7, 11) is 0. The number of halogens is 2. The van der Waals surface area contributed by atoms with Crippen LogP contribution in [0.25, 0.3) is 10.8 Å². The van der Waals surface area contributed by atoms with Gasteiger partial charge in [0, 0.05) is 15.5 Å². The predicted octanol–water partition coefficient (Wildman–Crippen LogP) is 4.19. The molecule has 0 spiro atoms. The molecule has 1 aromatic heterocycles. The topological polar surface area (TPSA) is 57.8 Å². The lowest BCUT2D eigenvalue weighted by Crippen LogP contribution is -2.10. The van der Waals surface area contributed by atoms with Gasteiger partial charge in [0.1, 0.15) is 4.47 Å². The molecule has 0 unspecified atom stereocenters. The zero-order valence-electron chi connectivity index (χ0n) is 10.2. The maximum atomic E-state index is 11.6. The van der Waals surface area contributed by atoms with E-state index >= 15 is 0 Å². The van der Waals surface area contributed by atoms with Crippen LogP contribution in [0.1, 0.15) is 0 Å². The number of hydrogen-bond acceptors (Lipinski definition) is 3. The third-order valence-corrected chi connectivity index (χ3v) is 4.35. The van der Waals surface area contributed by atoms with Crippen LogP contribution in [0, 0.1) is 0 Å². The first-order valence-corrected chi connectivity index (χ1v) is 7.43. The van der Waals surface area contributed by atoms with Crippen molar-refractivity contribution in [2.75, 3.05) is 5.32 Å². The monoisotopic (exact) mass is 393 g/mol. The van der Waals surface area contributed by atoms with E-state index in [0.717, 1.165) is 20.9 Å². The van der Waals surface area contributed by atoms with Gasteiger partial charge >= 0.3 is 0 Å². The van der Waals surface area contributed by atoms with E-state index in [9.17, 15) is 4.79 Å². The number of nitrogens with one attached hydrogen (secondary N) is 2. The Hall–Kier alpha value is -1.66. The highest BCUT2D eigenvalue weighted by atomic mass is 79.9. The molecular formula is C14H9Br2N3O. The zero-order chi connectivity index (χ0) is 14.1. The Morgan fingerprint density at radius 1 is 1.05 bits per heavy atom. The summed E-state index contributed by atoms with van der Waals surface area (Å²) in [5.74, 6) is 0.487. The molecule has 6 heteroatoms. The van der Waals surface area contributed by atoms with Crippen LogP contribution >= 0.6 is 31.9 Å². The molecule has 0 fully saturated rings. The first-order valence-electron chi connectivity index (χ1n) is 5.84. The van der Waals surface area contributed by atoms with Gasteiger partial charge in [0.25, 0.3) is 5.56 Å². The lowest BCUT2D eigenvalue weighted by molar-refractivity contribution is 1.10. The molecule has 0 bridgehead atoms. The molecule has 20 heavy (non-hydrogen) atoms. The van der Waals surface area contributed by atoms with Gasteiger partial charge in [-0.1, -0.05) is 40.2 Å². The first-order chi connectivity index (χ1) is 9.66. The smallest absolute Gasteiger partial charge is 0.267 e. The Labute approximate surface area is 131 Å². The van der Waals surface area contributed by atoms with Gasteiger partial charge in [-0.15, -0.1) is 0 Å². The SMILES string of the molecule is O=c1[nH]cnc(Nc2ccc(Br)c3ccccc23)c1Br. The van der Waals surface area contributed by atoms with Crippen molar-refractivity contribution >= 4 is 54.1 Å². The van der Waals surface area contributed by atoms with E-state index in [4.69, 9.17) is 0 Å². The second kappa shape index (κ2) is 5.38. The molecular weight excluding hydrogens is 386 g/mol. The lowest BCUT2D eigenvalue weighted by Gasteiger charge is -2.11. The quantitative estimate of drug-likeness (QED) is 0.685. The first kappa shape index (κ1) is 13.3. The van der Waals surface area contributed by atoms with E-state index in [2.05, 4.69) is 47.1 Å². The summed E-state index contributed by atoms with van der Waals surface area (Å²) in [6, 6.07) is 11.9. The molecule has 0 amide bonds. The Morgan fingerprint density at radius 2 is 1.80 bits per heavy atom. The van der Waals surface area contributed by atoms with Gasteiger partial charge in [-0.3, -0.25) is 4.79 Å². The predicted molar refractivity (Wildman–Crippen MR) is 87.5 cm³/mol. The van der Waals surface area contributed by atoms with Crippen molar-refractivity contribution in [3.8, 4) is 0 Å². The molecule has 0 aliphatic heterocycles. The summed E-state index contributed by atoms with van der Waals surface area (Å²) in [4.78, 5) is 18.2. The van der Waals surface area contributed by atoms with Crippen LogP contribution in [0.3, 0.4) is 0 Å². The Morgan fingerprint density at radius 3 is 2.60 bits per heavy atom. The number of rotatable bonds is 2. The minimum Gasteiger partial charge on any atom is -0.339 e. The molecule has 0 saturated carbocycles. The summed E-state index contributed by atoms with van der Waals surface area (Å²) >= 11 is 6.77. The molecule has 4 nitrogen and oxygen atoms in total. The van der Waals surface area contributed by atoms with Crippen molar-refractivity contribution in [2.45, 2.75) is 0 Å². The normalized spacial score (nSPS) is 10.7. The molecule has 3 aromatic rings. The third kappa shape index (κ3) is 2.36. The van der Waals surface area contributed by atoms with E-state index in [-0.39, 0.29) is 5.56 Å². The van der Waals surface area contributed by atoms with Gasteiger partial charge in [-0.05, 0) is 33.4 Å². The second-order valence-electron chi connectivity index (χ2n) is 4.16. The van der Waals surface area contributed by atoms with Crippen molar-refractivity contribution in [3.63, 3.8) is 0 Å². The van der Waals surface area contributed by atoms with Crippen molar-refractivity contribution < 1.29 is 0 Å². The summed E-state index contributed by atoms with van der Waals surface area (Å²) in [6.45, 7) is 0. The average molecular weight is 395 g/mol. The maximum Gasteiger partial charge on any atom is 0.267 e. The van der Waals surface area contributed by atoms with Crippen molar-refractivity contribution in [3.05, 3.63) is 62.0 Å². The number of aromatic nitrogens is 2. The largest absolute Gasteiger partial charge is 0.339 e. The van der Waals surface area contributed by atoms with Gasteiger partial charge in [-0.2, -0.15) is 0 Å². The number of benzene rings is 2. The molecule has 2 N–H and O–H groups in total. The molecule has 0 radical (unpaired) electrons. The molecule has 100 valence electrons. The van der Waals surface area contributed by atoms with Crippen LogP contribution in [0.2, 0.25) is 0 Å². The molecule has 0 aliphatic rings. The minimum atomic E-state index is -0.219. The van der Waals surface area contributed by atoms with E-state index in [1.54, 1.807) is 0 Å². The van der Waals surface area contributed by atoms with E-state index < -0.39 is 0 Å². The van der Waals surface area contributed by atoms with Crippen LogP contribution in [-0.2, 0) is 0 Å². The maximum absolute atomic E-state index is 11.6. The van der Waals surface area contributed by atoms with Crippen LogP contribution in [0.15, 0.2) is 56.5 Å². The Balaban J connectivity index is 2.14. The molecule has 0 atom stereocenters. The fourth-order valence-electron chi connectivity index (χ4n) is 1.97. The molecule has 1 heterocycles. The van der Waals surface area contributed by atoms with Crippen LogP contribution in [0.5, 0.6) is 0 Å². The summed E-state index contributed by atoms with van der Waals surface area (Å²) in [5.41, 5.74) is 0.673. The lowest BCUT2D eigenvalue weighted by atomic mass is 10.1.